The van der Waals surface area contributed by atoms with Crippen molar-refractivity contribution in [1.29, 1.82) is 0 Å². The molecule has 0 aromatic heterocycles. The number of fused-ring (bicyclic) bond motifs is 1. The van der Waals surface area contributed by atoms with Crippen LogP contribution in [0.1, 0.15) is 78.1 Å². The average Bonchev–Trinajstić information content (AvgIpc) is 3.05. The highest BCUT2D eigenvalue weighted by Crippen LogP contribution is 2.44. The summed E-state index contributed by atoms with van der Waals surface area (Å²) in [5, 5.41) is 14.9. The molecule has 6 nitrogen and oxygen atoms in total. The molecule has 0 fully saturated rings. The maximum absolute atomic E-state index is 13.0. The van der Waals surface area contributed by atoms with Gasteiger partial charge in [0.15, 0.2) is 12.4 Å². The van der Waals surface area contributed by atoms with Crippen molar-refractivity contribution in [3.63, 3.8) is 0 Å². The molecule has 0 saturated heterocycles. The van der Waals surface area contributed by atoms with Crippen LogP contribution in [0, 0.1) is 20.8 Å². The Morgan fingerprint density at radius 3 is 2.45 bits per heavy atom. The van der Waals surface area contributed by atoms with Gasteiger partial charge in [-0.2, -0.15) is 0 Å². The van der Waals surface area contributed by atoms with Crippen LogP contribution in [-0.2, 0) is 9.63 Å². The van der Waals surface area contributed by atoms with Crippen LogP contribution < -0.4 is 4.74 Å². The van der Waals surface area contributed by atoms with Gasteiger partial charge in [-0.15, -0.1) is 0 Å². The van der Waals surface area contributed by atoms with Crippen LogP contribution in [0.5, 0.6) is 5.75 Å². The molecule has 0 saturated carbocycles. The van der Waals surface area contributed by atoms with E-state index in [-0.39, 0.29) is 41.8 Å². The summed E-state index contributed by atoms with van der Waals surface area (Å²) in [6, 6.07) is 0. The molecule has 1 aromatic carbocycles. The van der Waals surface area contributed by atoms with Gasteiger partial charge in [-0.3, -0.25) is 9.59 Å². The molecule has 0 spiro atoms. The van der Waals surface area contributed by atoms with Crippen LogP contribution in [0.25, 0.3) is 0 Å². The molecule has 0 amide bonds. The third kappa shape index (κ3) is 3.68. The number of nitrogens with zero attached hydrogens (tertiary/aromatic N) is 1. The lowest BCUT2D eigenvalue weighted by molar-refractivity contribution is -0.116. The number of aliphatic hydroxyl groups is 1. The van der Waals surface area contributed by atoms with Gasteiger partial charge in [0.2, 0.25) is 5.78 Å². The highest BCUT2D eigenvalue weighted by Gasteiger charge is 2.37. The topological polar surface area (TPSA) is 85.2 Å². The van der Waals surface area contributed by atoms with Crippen molar-refractivity contribution in [2.75, 3.05) is 13.2 Å². The van der Waals surface area contributed by atoms with Crippen LogP contribution in [0.4, 0.5) is 0 Å². The molecule has 156 valence electrons. The predicted molar refractivity (Wildman–Crippen MR) is 111 cm³/mol. The molecule has 1 heterocycles. The van der Waals surface area contributed by atoms with Gasteiger partial charge >= 0.3 is 0 Å². The van der Waals surface area contributed by atoms with E-state index in [1.54, 1.807) is 0 Å². The van der Waals surface area contributed by atoms with Crippen molar-refractivity contribution in [1.82, 2.24) is 0 Å². The lowest BCUT2D eigenvalue weighted by atomic mass is 9.76. The minimum atomic E-state index is -0.264. The molecular weight excluding hydrogens is 370 g/mol. The number of carbonyl (C=O) groups excluding carboxylic acids is 2. The summed E-state index contributed by atoms with van der Waals surface area (Å²) < 4.78 is 5.65. The molecule has 3 rings (SSSR count). The Morgan fingerprint density at radius 1 is 1.10 bits per heavy atom. The van der Waals surface area contributed by atoms with Crippen molar-refractivity contribution in [2.24, 2.45) is 5.16 Å². The number of hydrogen-bond donors (Lipinski definition) is 1. The predicted octanol–water partition coefficient (Wildman–Crippen LogP) is 4.64. The number of rotatable bonds is 6. The number of benzene rings is 1. The van der Waals surface area contributed by atoms with Gasteiger partial charge in [0, 0.05) is 12.8 Å². The van der Waals surface area contributed by atoms with E-state index in [1.807, 2.05) is 34.6 Å². The molecule has 0 radical (unpaired) electrons. The SMILES string of the molecule is CCCC(=NOCC)C1=C(O)CC(c2c(C)c(C)c(C)c3c2C(=O)CO3)CC1=O. The summed E-state index contributed by atoms with van der Waals surface area (Å²) >= 11 is 0. The van der Waals surface area contributed by atoms with E-state index in [9.17, 15) is 14.7 Å². The number of Topliss-reactive ketones (excluding diaryl/α,β-unsaturated/α-hetero) is 2. The lowest BCUT2D eigenvalue weighted by Gasteiger charge is -2.28. The molecule has 1 aliphatic heterocycles. The summed E-state index contributed by atoms with van der Waals surface area (Å²) in [5.41, 5.74) is 5.20. The van der Waals surface area contributed by atoms with E-state index in [4.69, 9.17) is 9.57 Å². The fourth-order valence-corrected chi connectivity index (χ4v) is 4.35. The molecule has 6 heteroatoms. The number of oxime groups is 1. The summed E-state index contributed by atoms with van der Waals surface area (Å²) in [5.74, 6) is 0.158. The minimum Gasteiger partial charge on any atom is -0.511 e. The second-order valence-electron chi connectivity index (χ2n) is 7.76. The average molecular weight is 399 g/mol. The normalized spacial score (nSPS) is 19.5. The Balaban J connectivity index is 2.06. The third-order valence-electron chi connectivity index (χ3n) is 5.92. The monoisotopic (exact) mass is 399 g/mol. The summed E-state index contributed by atoms with van der Waals surface area (Å²) in [6.45, 7) is 10.2. The minimum absolute atomic E-state index is 0.0240. The van der Waals surface area contributed by atoms with Crippen molar-refractivity contribution in [3.8, 4) is 5.75 Å². The second-order valence-corrected chi connectivity index (χ2v) is 7.76. The van der Waals surface area contributed by atoms with Gasteiger partial charge in [-0.05, 0) is 62.3 Å². The number of allylic oxidation sites excluding steroid dienone is 2. The molecule has 1 atom stereocenters. The third-order valence-corrected chi connectivity index (χ3v) is 5.92. The molecular formula is C23H29NO5. The molecule has 1 unspecified atom stereocenters. The van der Waals surface area contributed by atoms with Gasteiger partial charge in [-0.25, -0.2) is 0 Å². The lowest BCUT2D eigenvalue weighted by Crippen LogP contribution is -2.25. The van der Waals surface area contributed by atoms with Crippen LogP contribution in [0.3, 0.4) is 0 Å². The van der Waals surface area contributed by atoms with E-state index in [1.165, 1.54) is 0 Å². The number of carbonyl (C=O) groups is 2. The first-order valence-corrected chi connectivity index (χ1v) is 10.3. The molecule has 1 N–H and O–H groups in total. The summed E-state index contributed by atoms with van der Waals surface area (Å²) in [6.07, 6.45) is 1.85. The first-order chi connectivity index (χ1) is 13.8. The van der Waals surface area contributed by atoms with E-state index in [2.05, 4.69) is 5.16 Å². The quantitative estimate of drug-likeness (QED) is 0.556. The maximum atomic E-state index is 13.0. The molecule has 1 aromatic rings. The van der Waals surface area contributed by atoms with E-state index in [0.717, 1.165) is 28.7 Å². The fourth-order valence-electron chi connectivity index (χ4n) is 4.35. The van der Waals surface area contributed by atoms with Gasteiger partial charge in [-0.1, -0.05) is 18.5 Å². The first kappa shape index (κ1) is 21.1. The van der Waals surface area contributed by atoms with Crippen molar-refractivity contribution >= 4 is 17.3 Å². The van der Waals surface area contributed by atoms with Gasteiger partial charge in [0.05, 0.1) is 16.8 Å². The Morgan fingerprint density at radius 2 is 1.83 bits per heavy atom. The summed E-state index contributed by atoms with van der Waals surface area (Å²) in [4.78, 5) is 30.8. The number of aliphatic hydroxyl groups excluding tert-OH is 1. The fraction of sp³-hybridized carbons (Fsp3) is 0.522. The van der Waals surface area contributed by atoms with Crippen LogP contribution in [0.2, 0.25) is 0 Å². The molecule has 2 aliphatic rings. The van der Waals surface area contributed by atoms with E-state index >= 15 is 0 Å². The summed E-state index contributed by atoms with van der Waals surface area (Å²) in [7, 11) is 0. The Kier molecular flexibility index (Phi) is 6.10. The zero-order valence-corrected chi connectivity index (χ0v) is 17.8. The zero-order chi connectivity index (χ0) is 21.3. The smallest absolute Gasteiger partial charge is 0.204 e. The van der Waals surface area contributed by atoms with Crippen molar-refractivity contribution in [2.45, 2.75) is 66.2 Å². The van der Waals surface area contributed by atoms with Crippen LogP contribution in [0.15, 0.2) is 16.5 Å². The molecule has 1 aliphatic carbocycles. The Hall–Kier alpha value is -2.63. The largest absolute Gasteiger partial charge is 0.511 e. The number of hydrogen-bond acceptors (Lipinski definition) is 6. The maximum Gasteiger partial charge on any atom is 0.204 e. The number of ketones is 2. The Bertz CT molecular complexity index is 926. The van der Waals surface area contributed by atoms with E-state index in [0.29, 0.717) is 36.5 Å². The van der Waals surface area contributed by atoms with Gasteiger partial charge in [0.1, 0.15) is 18.1 Å². The van der Waals surface area contributed by atoms with Gasteiger partial charge in [0.25, 0.3) is 0 Å². The first-order valence-electron chi connectivity index (χ1n) is 10.3. The van der Waals surface area contributed by atoms with Crippen molar-refractivity contribution < 1.29 is 24.3 Å². The molecule has 29 heavy (non-hydrogen) atoms. The molecule has 0 bridgehead atoms. The number of ether oxygens (including phenoxy) is 1. The Labute approximate surface area is 171 Å². The van der Waals surface area contributed by atoms with Crippen molar-refractivity contribution in [3.05, 3.63) is 39.1 Å². The standard InChI is InChI=1S/C23H29NO5/c1-6-8-16(24-29-7-2)21-17(25)9-15(10-18(21)26)20-13(4)12(3)14(5)23-22(20)19(27)11-28-23/h15,25H,6-11H2,1-5H3. The van der Waals surface area contributed by atoms with E-state index < -0.39 is 0 Å². The highest BCUT2D eigenvalue weighted by molar-refractivity contribution is 6.23. The second kappa shape index (κ2) is 8.39. The van der Waals surface area contributed by atoms with Crippen LogP contribution >= 0.6 is 0 Å². The van der Waals surface area contributed by atoms with Crippen LogP contribution in [-0.4, -0.2) is 35.6 Å². The highest BCUT2D eigenvalue weighted by atomic mass is 16.6. The zero-order valence-electron chi connectivity index (χ0n) is 17.8. The van der Waals surface area contributed by atoms with Gasteiger partial charge < -0.3 is 14.7 Å².